The monoisotopic (exact) mass is 667 g/mol. The second-order valence-electron chi connectivity index (χ2n) is 13.0. The van der Waals surface area contributed by atoms with Crippen molar-refractivity contribution in [3.63, 3.8) is 0 Å². The first kappa shape index (κ1) is 29.7. The Morgan fingerprint density at radius 2 is 1.69 bits per heavy atom. The number of H-pyrrole nitrogens is 1. The standard InChI is InChI=1S/C38H33N7O3S/c46-35(27-7-5-18-39-34(27)44-22-38(23-44)16-20-48-21-17-38)40-25-13-11-24(12-14-25)37(47)45-19-15-30-32(26-6-1-4-10-31(26)45)49-36(43-30)33-41-28-8-2-3-9-29(28)42-33/h1-14,18H,15-17,19-23H2,(H,40,46)(H,41,42). The molecular weight excluding hydrogens is 635 g/mol. The number of hydrogen-bond acceptors (Lipinski definition) is 8. The molecule has 0 saturated carbocycles. The Morgan fingerprint density at radius 1 is 0.898 bits per heavy atom. The predicted octanol–water partition coefficient (Wildman–Crippen LogP) is 6.82. The maximum atomic E-state index is 14.0. The molecule has 0 bridgehead atoms. The average Bonchev–Trinajstić information content (AvgIpc) is 3.73. The van der Waals surface area contributed by atoms with Crippen molar-refractivity contribution in [1.29, 1.82) is 0 Å². The van der Waals surface area contributed by atoms with Crippen LogP contribution in [0.2, 0.25) is 0 Å². The number of nitrogens with one attached hydrogen (secondary N) is 2. The van der Waals surface area contributed by atoms with Gasteiger partial charge in [-0.2, -0.15) is 0 Å². The van der Waals surface area contributed by atoms with E-state index in [1.807, 2.05) is 53.4 Å². The summed E-state index contributed by atoms with van der Waals surface area (Å²) in [5.41, 5.74) is 6.61. The Kier molecular flexibility index (Phi) is 7.24. The number of hydrogen-bond donors (Lipinski definition) is 2. The highest BCUT2D eigenvalue weighted by Gasteiger charge is 2.45. The molecule has 0 aliphatic carbocycles. The zero-order valence-corrected chi connectivity index (χ0v) is 27.5. The van der Waals surface area contributed by atoms with Crippen LogP contribution in [0.3, 0.4) is 0 Å². The average molecular weight is 668 g/mol. The van der Waals surface area contributed by atoms with Gasteiger partial charge in [0.05, 0.1) is 32.9 Å². The van der Waals surface area contributed by atoms with E-state index in [2.05, 4.69) is 26.3 Å². The Hall–Kier alpha value is -5.39. The van der Waals surface area contributed by atoms with Gasteiger partial charge in [0.25, 0.3) is 11.8 Å². The van der Waals surface area contributed by atoms with Crippen molar-refractivity contribution in [1.82, 2.24) is 19.9 Å². The molecule has 49 heavy (non-hydrogen) atoms. The first-order valence-electron chi connectivity index (χ1n) is 16.6. The lowest BCUT2D eigenvalue weighted by Gasteiger charge is -2.53. The largest absolute Gasteiger partial charge is 0.381 e. The summed E-state index contributed by atoms with van der Waals surface area (Å²) in [6.45, 7) is 3.85. The number of carbonyl (C=O) groups is 2. The fraction of sp³-hybridized carbons (Fsp3) is 0.237. The van der Waals surface area contributed by atoms with Crippen LogP contribution in [0.4, 0.5) is 17.2 Å². The van der Waals surface area contributed by atoms with Gasteiger partial charge in [-0.05, 0) is 67.4 Å². The number of pyridine rings is 1. The number of thiazole rings is 1. The third-order valence-electron chi connectivity index (χ3n) is 9.87. The van der Waals surface area contributed by atoms with Gasteiger partial charge in [0.1, 0.15) is 5.82 Å². The van der Waals surface area contributed by atoms with E-state index < -0.39 is 0 Å². The van der Waals surface area contributed by atoms with E-state index in [0.29, 0.717) is 35.6 Å². The fourth-order valence-corrected chi connectivity index (χ4v) is 8.34. The van der Waals surface area contributed by atoms with E-state index in [0.717, 1.165) is 82.8 Å². The number of para-hydroxylation sites is 3. The molecule has 244 valence electrons. The zero-order chi connectivity index (χ0) is 33.0. The highest BCUT2D eigenvalue weighted by molar-refractivity contribution is 7.18. The smallest absolute Gasteiger partial charge is 0.259 e. The summed E-state index contributed by atoms with van der Waals surface area (Å²) < 4.78 is 5.56. The van der Waals surface area contributed by atoms with Crippen LogP contribution in [0.15, 0.2) is 91.1 Å². The van der Waals surface area contributed by atoms with Gasteiger partial charge < -0.3 is 24.8 Å². The van der Waals surface area contributed by atoms with Crippen LogP contribution in [-0.2, 0) is 11.2 Å². The minimum atomic E-state index is -0.225. The van der Waals surface area contributed by atoms with Gasteiger partial charge in [-0.3, -0.25) is 9.59 Å². The summed E-state index contributed by atoms with van der Waals surface area (Å²) in [6, 6.07) is 26.7. The minimum Gasteiger partial charge on any atom is -0.381 e. The Labute approximate surface area is 286 Å². The molecule has 1 spiro atoms. The molecule has 3 aromatic heterocycles. The first-order valence-corrected chi connectivity index (χ1v) is 17.4. The second-order valence-corrected chi connectivity index (χ2v) is 14.0. The number of aromatic amines is 1. The highest BCUT2D eigenvalue weighted by Crippen LogP contribution is 2.44. The Balaban J connectivity index is 0.920. The van der Waals surface area contributed by atoms with E-state index >= 15 is 0 Å². The van der Waals surface area contributed by atoms with Crippen molar-refractivity contribution >= 4 is 51.4 Å². The summed E-state index contributed by atoms with van der Waals surface area (Å²) in [4.78, 5) is 50.2. The molecule has 2 amide bonds. The molecule has 2 fully saturated rings. The topological polar surface area (TPSA) is 116 Å². The normalized spacial score (nSPS) is 16.5. The molecule has 11 heteroatoms. The van der Waals surface area contributed by atoms with Crippen molar-refractivity contribution < 1.29 is 14.3 Å². The van der Waals surface area contributed by atoms with Gasteiger partial charge >= 0.3 is 0 Å². The van der Waals surface area contributed by atoms with Crippen LogP contribution in [0.25, 0.3) is 32.3 Å². The van der Waals surface area contributed by atoms with Crippen LogP contribution in [-0.4, -0.2) is 64.6 Å². The molecule has 0 atom stereocenters. The molecule has 0 unspecified atom stereocenters. The number of fused-ring (bicyclic) bond motifs is 4. The first-order chi connectivity index (χ1) is 24.0. The maximum Gasteiger partial charge on any atom is 0.259 e. The van der Waals surface area contributed by atoms with Gasteiger partial charge in [0, 0.05) is 67.7 Å². The molecule has 10 nitrogen and oxygen atoms in total. The summed E-state index contributed by atoms with van der Waals surface area (Å²) in [7, 11) is 0. The van der Waals surface area contributed by atoms with Crippen LogP contribution >= 0.6 is 11.3 Å². The lowest BCUT2D eigenvalue weighted by molar-refractivity contribution is -0.000509. The highest BCUT2D eigenvalue weighted by atomic mass is 32.1. The number of amides is 2. The van der Waals surface area contributed by atoms with Crippen molar-refractivity contribution in [2.24, 2.45) is 5.41 Å². The van der Waals surface area contributed by atoms with Gasteiger partial charge in [0.2, 0.25) is 0 Å². The van der Waals surface area contributed by atoms with Crippen LogP contribution in [0.1, 0.15) is 39.3 Å². The molecule has 0 radical (unpaired) electrons. The van der Waals surface area contributed by atoms with Gasteiger partial charge in [-0.1, -0.05) is 30.3 Å². The van der Waals surface area contributed by atoms with Crippen molar-refractivity contribution in [3.05, 3.63) is 108 Å². The van der Waals surface area contributed by atoms with Gasteiger partial charge in [-0.25, -0.2) is 15.0 Å². The summed E-state index contributed by atoms with van der Waals surface area (Å²) in [6.07, 6.45) is 4.43. The molecular formula is C38H33N7O3S. The molecule has 3 aliphatic heterocycles. The number of nitrogens with zero attached hydrogens (tertiary/aromatic N) is 5. The summed E-state index contributed by atoms with van der Waals surface area (Å²) in [5.74, 6) is 1.13. The Morgan fingerprint density at radius 3 is 2.53 bits per heavy atom. The number of carbonyl (C=O) groups excluding carboxylic acids is 2. The Bertz CT molecular complexity index is 2180. The number of aromatic nitrogens is 4. The molecule has 9 rings (SSSR count). The van der Waals surface area contributed by atoms with E-state index in [4.69, 9.17) is 14.7 Å². The van der Waals surface area contributed by atoms with E-state index in [9.17, 15) is 9.59 Å². The maximum absolute atomic E-state index is 14.0. The second kappa shape index (κ2) is 11.9. The van der Waals surface area contributed by atoms with Crippen molar-refractivity contribution in [2.75, 3.05) is 48.0 Å². The van der Waals surface area contributed by atoms with Crippen LogP contribution < -0.4 is 15.1 Å². The predicted molar refractivity (Wildman–Crippen MR) is 191 cm³/mol. The number of ether oxygens (including phenoxy) is 1. The lowest BCUT2D eigenvalue weighted by atomic mass is 9.73. The summed E-state index contributed by atoms with van der Waals surface area (Å²) in [5, 5.41) is 3.85. The minimum absolute atomic E-state index is 0.104. The SMILES string of the molecule is O=C(Nc1ccc(C(=O)N2CCc3nc(-c4nc5ccccc5[nH]4)sc3-c3ccccc32)cc1)c1cccnc1N1CC2(CCOCC2)C1. The molecule has 2 saturated heterocycles. The van der Waals surface area contributed by atoms with Gasteiger partial charge in [0.15, 0.2) is 10.8 Å². The molecule has 3 aliphatic rings. The van der Waals surface area contributed by atoms with Gasteiger partial charge in [-0.15, -0.1) is 11.3 Å². The number of anilines is 3. The lowest BCUT2D eigenvalue weighted by Crippen LogP contribution is -2.59. The summed E-state index contributed by atoms with van der Waals surface area (Å²) >= 11 is 1.59. The third-order valence-corrected chi connectivity index (χ3v) is 11.0. The molecule has 3 aromatic carbocycles. The van der Waals surface area contributed by atoms with Crippen LogP contribution in [0.5, 0.6) is 0 Å². The zero-order valence-electron chi connectivity index (χ0n) is 26.7. The quantitative estimate of drug-likeness (QED) is 0.207. The van der Waals surface area contributed by atoms with Crippen LogP contribution in [0, 0.1) is 5.41 Å². The van der Waals surface area contributed by atoms with Crippen molar-refractivity contribution in [2.45, 2.75) is 19.3 Å². The van der Waals surface area contributed by atoms with E-state index in [-0.39, 0.29) is 17.2 Å². The molecule has 6 heterocycles. The fourth-order valence-electron chi connectivity index (χ4n) is 7.25. The number of imidazole rings is 1. The number of benzene rings is 3. The molecule has 6 aromatic rings. The molecule has 2 N–H and O–H groups in total. The van der Waals surface area contributed by atoms with E-state index in [1.54, 1.807) is 47.9 Å². The van der Waals surface area contributed by atoms with Crippen molar-refractivity contribution in [3.8, 4) is 21.3 Å². The van der Waals surface area contributed by atoms with E-state index in [1.165, 1.54) is 0 Å². The third kappa shape index (κ3) is 5.35. The number of rotatable bonds is 5.